The van der Waals surface area contributed by atoms with Gasteiger partial charge >= 0.3 is 0 Å². The minimum Gasteiger partial charge on any atom is -0.349 e. The highest BCUT2D eigenvalue weighted by molar-refractivity contribution is 8.00. The van der Waals surface area contributed by atoms with Crippen molar-refractivity contribution < 1.29 is 4.79 Å². The molecule has 0 radical (unpaired) electrons. The molecule has 0 aliphatic rings. The fraction of sp³-hybridized carbons (Fsp3) is 0.467. The highest BCUT2D eigenvalue weighted by atomic mass is 32.2. The van der Waals surface area contributed by atoms with Crippen molar-refractivity contribution in [3.8, 4) is 0 Å². The number of amides is 1. The first kappa shape index (κ1) is 15.7. The molecule has 0 aliphatic heterocycles. The van der Waals surface area contributed by atoms with Crippen LogP contribution in [0.2, 0.25) is 0 Å². The largest absolute Gasteiger partial charge is 0.349 e. The molecule has 21 heavy (non-hydrogen) atoms. The summed E-state index contributed by atoms with van der Waals surface area (Å²) >= 11 is 1.75. The number of aromatic nitrogens is 3. The zero-order valence-corrected chi connectivity index (χ0v) is 13.6. The topological polar surface area (TPSA) is 67.8 Å². The molecule has 0 aliphatic carbocycles. The molecule has 2 aromatic rings. The number of rotatable bonds is 4. The lowest BCUT2D eigenvalue weighted by Gasteiger charge is -2.17. The highest BCUT2D eigenvalue weighted by Gasteiger charge is 2.14. The molecule has 0 saturated heterocycles. The third-order valence-electron chi connectivity index (χ3n) is 2.59. The Morgan fingerprint density at radius 3 is 2.67 bits per heavy atom. The van der Waals surface area contributed by atoms with Gasteiger partial charge in [0.2, 0.25) is 5.82 Å². The molecule has 1 aromatic carbocycles. The summed E-state index contributed by atoms with van der Waals surface area (Å²) in [6.07, 6.45) is 0.874. The molecular weight excluding hydrogens is 284 g/mol. The van der Waals surface area contributed by atoms with E-state index in [1.54, 1.807) is 11.8 Å². The van der Waals surface area contributed by atoms with Crippen LogP contribution < -0.4 is 5.32 Å². The maximum Gasteiger partial charge on any atom is 0.291 e. The fourth-order valence-electron chi connectivity index (χ4n) is 1.75. The van der Waals surface area contributed by atoms with E-state index >= 15 is 0 Å². The lowest BCUT2D eigenvalue weighted by molar-refractivity contribution is 0.0942. The Balaban J connectivity index is 2.30. The van der Waals surface area contributed by atoms with E-state index in [-0.39, 0.29) is 16.5 Å². The monoisotopic (exact) mass is 304 g/mol. The number of hydrogen-bond acceptors (Lipinski definition) is 5. The van der Waals surface area contributed by atoms with Crippen molar-refractivity contribution in [2.24, 2.45) is 0 Å². The summed E-state index contributed by atoms with van der Waals surface area (Å²) in [4.78, 5) is 17.3. The second-order valence-electron chi connectivity index (χ2n) is 5.76. The van der Waals surface area contributed by atoms with Crippen LogP contribution >= 0.6 is 11.8 Å². The normalized spacial score (nSPS) is 11.6. The number of hydrogen-bond donors (Lipinski definition) is 1. The first-order valence-corrected chi connectivity index (χ1v) is 7.82. The van der Waals surface area contributed by atoms with Gasteiger partial charge in [0, 0.05) is 16.2 Å². The van der Waals surface area contributed by atoms with Crippen molar-refractivity contribution >= 4 is 28.7 Å². The van der Waals surface area contributed by atoms with E-state index in [0.29, 0.717) is 17.6 Å². The van der Waals surface area contributed by atoms with Crippen molar-refractivity contribution in [1.82, 2.24) is 20.5 Å². The zero-order chi connectivity index (χ0) is 15.5. The summed E-state index contributed by atoms with van der Waals surface area (Å²) < 4.78 is 0.121. The Morgan fingerprint density at radius 2 is 2.00 bits per heavy atom. The van der Waals surface area contributed by atoms with E-state index in [1.807, 2.05) is 25.1 Å². The van der Waals surface area contributed by atoms with Gasteiger partial charge in [0.15, 0.2) is 0 Å². The standard InChI is InChI=1S/C15H20N4OS/c1-5-8-16-14(20)13-17-12-9-10(21-15(2,3)4)6-7-11(12)18-19-13/h6-7,9H,5,8H2,1-4H3,(H,16,20). The molecule has 1 aromatic heterocycles. The third-order valence-corrected chi connectivity index (χ3v) is 3.69. The Bertz CT molecular complexity index is 652. The summed E-state index contributed by atoms with van der Waals surface area (Å²) in [6, 6.07) is 5.85. The SMILES string of the molecule is CCCNC(=O)c1nnc2ccc(SC(C)(C)C)cc2n1. The summed E-state index contributed by atoms with van der Waals surface area (Å²) in [5, 5.41) is 10.7. The molecule has 1 heterocycles. The van der Waals surface area contributed by atoms with Gasteiger partial charge in [-0.2, -0.15) is 0 Å². The van der Waals surface area contributed by atoms with Crippen LogP contribution in [0.25, 0.3) is 11.0 Å². The van der Waals surface area contributed by atoms with Crippen LogP contribution in [0.3, 0.4) is 0 Å². The molecule has 1 amide bonds. The smallest absolute Gasteiger partial charge is 0.291 e. The van der Waals surface area contributed by atoms with Crippen LogP contribution in [-0.2, 0) is 0 Å². The van der Waals surface area contributed by atoms with E-state index in [9.17, 15) is 4.79 Å². The van der Waals surface area contributed by atoms with Crippen molar-refractivity contribution in [1.29, 1.82) is 0 Å². The Labute approximate surface area is 128 Å². The average Bonchev–Trinajstić information content (AvgIpc) is 2.42. The maximum absolute atomic E-state index is 11.9. The van der Waals surface area contributed by atoms with Crippen molar-refractivity contribution in [3.63, 3.8) is 0 Å². The minimum atomic E-state index is -0.278. The van der Waals surface area contributed by atoms with E-state index in [4.69, 9.17) is 0 Å². The van der Waals surface area contributed by atoms with Gasteiger partial charge in [-0.3, -0.25) is 4.79 Å². The molecule has 0 bridgehead atoms. The summed E-state index contributed by atoms with van der Waals surface area (Å²) in [6.45, 7) is 9.08. The van der Waals surface area contributed by atoms with Crippen molar-refractivity contribution in [2.45, 2.75) is 43.8 Å². The quantitative estimate of drug-likeness (QED) is 0.879. The van der Waals surface area contributed by atoms with Gasteiger partial charge in [0.1, 0.15) is 5.52 Å². The van der Waals surface area contributed by atoms with E-state index in [0.717, 1.165) is 11.3 Å². The summed E-state index contributed by atoms with van der Waals surface area (Å²) in [5.74, 6) is -0.158. The van der Waals surface area contributed by atoms with Gasteiger partial charge in [-0.1, -0.05) is 27.7 Å². The summed E-state index contributed by atoms with van der Waals surface area (Å²) in [5.41, 5.74) is 1.39. The lowest BCUT2D eigenvalue weighted by Crippen LogP contribution is -2.26. The molecular formula is C15H20N4OS. The Hall–Kier alpha value is -1.69. The predicted octanol–water partition coefficient (Wildman–Crippen LogP) is 3.06. The number of carbonyl (C=O) groups is 1. The molecule has 5 nitrogen and oxygen atoms in total. The van der Waals surface area contributed by atoms with Gasteiger partial charge in [0.25, 0.3) is 5.91 Å². The van der Waals surface area contributed by atoms with Gasteiger partial charge < -0.3 is 5.32 Å². The van der Waals surface area contributed by atoms with Crippen LogP contribution in [0.15, 0.2) is 23.1 Å². The molecule has 0 saturated carbocycles. The van der Waals surface area contributed by atoms with Gasteiger partial charge in [-0.15, -0.1) is 22.0 Å². The second kappa shape index (κ2) is 6.39. The van der Waals surface area contributed by atoms with E-state index in [2.05, 4.69) is 41.3 Å². The zero-order valence-electron chi connectivity index (χ0n) is 12.8. The number of nitrogens with zero attached hydrogens (tertiary/aromatic N) is 3. The average molecular weight is 304 g/mol. The highest BCUT2D eigenvalue weighted by Crippen LogP contribution is 2.32. The maximum atomic E-state index is 11.9. The number of nitrogens with one attached hydrogen (secondary N) is 1. The third kappa shape index (κ3) is 4.39. The molecule has 0 unspecified atom stereocenters. The molecule has 0 atom stereocenters. The van der Waals surface area contributed by atoms with E-state index < -0.39 is 0 Å². The van der Waals surface area contributed by atoms with Gasteiger partial charge in [-0.05, 0) is 24.6 Å². The number of benzene rings is 1. The first-order valence-electron chi connectivity index (χ1n) is 7.01. The molecule has 0 spiro atoms. The van der Waals surface area contributed by atoms with Crippen LogP contribution in [0, 0.1) is 0 Å². The minimum absolute atomic E-state index is 0.119. The first-order chi connectivity index (χ1) is 9.89. The number of fused-ring (bicyclic) bond motifs is 1. The van der Waals surface area contributed by atoms with Crippen molar-refractivity contribution in [2.75, 3.05) is 6.54 Å². The van der Waals surface area contributed by atoms with Crippen LogP contribution in [0.1, 0.15) is 44.7 Å². The molecule has 112 valence electrons. The predicted molar refractivity (Wildman–Crippen MR) is 85.6 cm³/mol. The number of thioether (sulfide) groups is 1. The van der Waals surface area contributed by atoms with Crippen LogP contribution in [-0.4, -0.2) is 32.4 Å². The van der Waals surface area contributed by atoms with Crippen LogP contribution in [0.4, 0.5) is 0 Å². The molecule has 1 N–H and O–H groups in total. The van der Waals surface area contributed by atoms with E-state index in [1.165, 1.54) is 0 Å². The second-order valence-corrected chi connectivity index (χ2v) is 7.66. The van der Waals surface area contributed by atoms with Gasteiger partial charge in [0.05, 0.1) is 5.52 Å². The van der Waals surface area contributed by atoms with Crippen LogP contribution in [0.5, 0.6) is 0 Å². The Kier molecular flexibility index (Phi) is 4.77. The van der Waals surface area contributed by atoms with Gasteiger partial charge in [-0.25, -0.2) is 4.98 Å². The lowest BCUT2D eigenvalue weighted by atomic mass is 10.3. The number of carbonyl (C=O) groups excluding carboxylic acids is 1. The van der Waals surface area contributed by atoms with Crippen molar-refractivity contribution in [3.05, 3.63) is 24.0 Å². The molecule has 6 heteroatoms. The molecule has 2 rings (SSSR count). The summed E-state index contributed by atoms with van der Waals surface area (Å²) in [7, 11) is 0. The molecule has 0 fully saturated rings. The fourth-order valence-corrected chi connectivity index (χ4v) is 2.76. The Morgan fingerprint density at radius 1 is 1.24 bits per heavy atom.